The van der Waals surface area contributed by atoms with Gasteiger partial charge in [0.1, 0.15) is 6.04 Å². The van der Waals surface area contributed by atoms with E-state index in [-0.39, 0.29) is 12.5 Å². The van der Waals surface area contributed by atoms with Crippen LogP contribution in [-0.4, -0.2) is 35.8 Å². The normalized spacial score (nSPS) is 13.5. The number of aromatic amines is 1. The minimum absolute atomic E-state index is 0.211. The Labute approximate surface area is 156 Å². The fourth-order valence-electron chi connectivity index (χ4n) is 2.99. The largest absolute Gasteiger partial charge is 0.468 e. The predicted molar refractivity (Wildman–Crippen MR) is 102 cm³/mol. The number of methoxy groups -OCH3 is 1. The lowest BCUT2D eigenvalue weighted by molar-refractivity contribution is -0.143. The number of aliphatic hydroxyl groups excluding tert-OH is 1. The molecule has 0 spiro atoms. The standard InChI is InChI=1S/C20H21ClN2O3/c1-26-20(25)18(10-14-11-22-17-8-3-2-7-16(14)17)23-12-19(24)13-5-4-6-15(21)9-13/h2-9,11,18-19,22-24H,10,12H2,1H3/t18-,19?/m1/s1. The molecule has 0 aliphatic heterocycles. The summed E-state index contributed by atoms with van der Waals surface area (Å²) in [5.41, 5.74) is 2.73. The minimum Gasteiger partial charge on any atom is -0.468 e. The summed E-state index contributed by atoms with van der Waals surface area (Å²) in [5.74, 6) is -0.367. The lowest BCUT2D eigenvalue weighted by Crippen LogP contribution is -2.41. The van der Waals surface area contributed by atoms with Gasteiger partial charge in [-0.25, -0.2) is 0 Å². The van der Waals surface area contributed by atoms with Gasteiger partial charge in [-0.05, 0) is 29.3 Å². The molecule has 3 N–H and O–H groups in total. The second kappa shape index (κ2) is 8.36. The maximum absolute atomic E-state index is 12.2. The minimum atomic E-state index is -0.774. The number of hydrogen-bond acceptors (Lipinski definition) is 4. The topological polar surface area (TPSA) is 74.4 Å². The Bertz CT molecular complexity index is 893. The third kappa shape index (κ3) is 4.25. The number of aliphatic hydroxyl groups is 1. The van der Waals surface area contributed by atoms with E-state index in [9.17, 15) is 9.90 Å². The van der Waals surface area contributed by atoms with Crippen LogP contribution in [0.2, 0.25) is 5.02 Å². The molecule has 2 aromatic carbocycles. The zero-order valence-electron chi connectivity index (χ0n) is 14.4. The van der Waals surface area contributed by atoms with Gasteiger partial charge in [-0.3, -0.25) is 4.79 Å². The van der Waals surface area contributed by atoms with Crippen LogP contribution in [0.4, 0.5) is 0 Å². The van der Waals surface area contributed by atoms with Gasteiger partial charge in [0.25, 0.3) is 0 Å². The Kier molecular flexibility index (Phi) is 5.93. The van der Waals surface area contributed by atoms with Crippen molar-refractivity contribution >= 4 is 28.5 Å². The highest BCUT2D eigenvalue weighted by Crippen LogP contribution is 2.20. The van der Waals surface area contributed by atoms with Crippen LogP contribution >= 0.6 is 11.6 Å². The molecule has 1 aromatic heterocycles. The summed E-state index contributed by atoms with van der Waals surface area (Å²) >= 11 is 5.97. The summed E-state index contributed by atoms with van der Waals surface area (Å²) in [7, 11) is 1.36. The molecule has 0 saturated heterocycles. The van der Waals surface area contributed by atoms with E-state index in [4.69, 9.17) is 16.3 Å². The third-order valence-corrected chi connectivity index (χ3v) is 4.61. The van der Waals surface area contributed by atoms with Gasteiger partial charge in [-0.1, -0.05) is 41.9 Å². The van der Waals surface area contributed by atoms with Crippen molar-refractivity contribution in [1.82, 2.24) is 10.3 Å². The lowest BCUT2D eigenvalue weighted by atomic mass is 10.0. The van der Waals surface area contributed by atoms with Crippen molar-refractivity contribution in [3.05, 3.63) is 70.9 Å². The fourth-order valence-corrected chi connectivity index (χ4v) is 3.19. The number of benzene rings is 2. The van der Waals surface area contributed by atoms with E-state index in [2.05, 4.69) is 10.3 Å². The van der Waals surface area contributed by atoms with E-state index in [1.54, 1.807) is 24.3 Å². The second-order valence-electron chi connectivity index (χ2n) is 6.12. The Morgan fingerprint density at radius 3 is 2.85 bits per heavy atom. The van der Waals surface area contributed by atoms with Gasteiger partial charge in [-0.15, -0.1) is 0 Å². The monoisotopic (exact) mass is 372 g/mol. The molecule has 5 nitrogen and oxygen atoms in total. The first-order valence-corrected chi connectivity index (χ1v) is 8.76. The van der Waals surface area contributed by atoms with E-state index in [1.165, 1.54) is 7.11 Å². The maximum atomic E-state index is 12.2. The van der Waals surface area contributed by atoms with Crippen molar-refractivity contribution in [2.24, 2.45) is 0 Å². The van der Waals surface area contributed by atoms with Gasteiger partial charge in [-0.2, -0.15) is 0 Å². The Balaban J connectivity index is 1.71. The number of nitrogens with one attached hydrogen (secondary N) is 2. The Morgan fingerprint density at radius 1 is 1.27 bits per heavy atom. The zero-order valence-corrected chi connectivity index (χ0v) is 15.2. The molecule has 0 aliphatic carbocycles. The van der Waals surface area contributed by atoms with Gasteiger partial charge < -0.3 is 20.1 Å². The van der Waals surface area contributed by atoms with Crippen LogP contribution < -0.4 is 5.32 Å². The van der Waals surface area contributed by atoms with Crippen LogP contribution in [0.3, 0.4) is 0 Å². The average molecular weight is 373 g/mol. The first kappa shape index (κ1) is 18.5. The molecule has 1 unspecified atom stereocenters. The number of carbonyl (C=O) groups excluding carboxylic acids is 1. The molecule has 1 heterocycles. The van der Waals surface area contributed by atoms with Crippen LogP contribution in [0, 0.1) is 0 Å². The number of rotatable bonds is 7. The number of halogens is 1. The second-order valence-corrected chi connectivity index (χ2v) is 6.55. The molecule has 0 aliphatic rings. The first-order valence-electron chi connectivity index (χ1n) is 8.38. The van der Waals surface area contributed by atoms with Gasteiger partial charge in [0.2, 0.25) is 0 Å². The van der Waals surface area contributed by atoms with Crippen molar-refractivity contribution in [2.75, 3.05) is 13.7 Å². The number of ether oxygens (including phenoxy) is 1. The number of hydrogen-bond donors (Lipinski definition) is 3. The number of esters is 1. The van der Waals surface area contributed by atoms with Crippen LogP contribution in [0.15, 0.2) is 54.7 Å². The summed E-state index contributed by atoms with van der Waals surface area (Å²) in [5, 5.41) is 15.1. The average Bonchev–Trinajstić information content (AvgIpc) is 3.07. The smallest absolute Gasteiger partial charge is 0.323 e. The summed E-state index contributed by atoms with van der Waals surface area (Å²) in [6.07, 6.45) is 1.58. The Morgan fingerprint density at radius 2 is 2.08 bits per heavy atom. The highest BCUT2D eigenvalue weighted by molar-refractivity contribution is 6.30. The number of fused-ring (bicyclic) bond motifs is 1. The number of para-hydroxylation sites is 1. The molecule has 0 fully saturated rings. The van der Waals surface area contributed by atoms with E-state index >= 15 is 0 Å². The van der Waals surface area contributed by atoms with Crippen molar-refractivity contribution in [1.29, 1.82) is 0 Å². The molecule has 6 heteroatoms. The molecular weight excluding hydrogens is 352 g/mol. The number of aromatic nitrogens is 1. The van der Waals surface area contributed by atoms with Crippen LogP contribution in [-0.2, 0) is 16.0 Å². The van der Waals surface area contributed by atoms with Crippen molar-refractivity contribution < 1.29 is 14.6 Å². The molecule has 0 saturated carbocycles. The molecule has 0 radical (unpaired) electrons. The molecule has 26 heavy (non-hydrogen) atoms. The molecule has 3 aromatic rings. The molecule has 0 bridgehead atoms. The molecule has 0 amide bonds. The van der Waals surface area contributed by atoms with E-state index < -0.39 is 12.1 Å². The van der Waals surface area contributed by atoms with Gasteiger partial charge in [0.15, 0.2) is 0 Å². The van der Waals surface area contributed by atoms with Gasteiger partial charge in [0.05, 0.1) is 13.2 Å². The van der Waals surface area contributed by atoms with E-state index in [0.717, 1.165) is 16.5 Å². The molecule has 3 rings (SSSR count). The fraction of sp³-hybridized carbons (Fsp3) is 0.250. The van der Waals surface area contributed by atoms with Crippen LogP contribution in [0.1, 0.15) is 17.2 Å². The van der Waals surface area contributed by atoms with Crippen molar-refractivity contribution in [2.45, 2.75) is 18.6 Å². The number of H-pyrrole nitrogens is 1. The summed E-state index contributed by atoms with van der Waals surface area (Å²) < 4.78 is 4.92. The van der Waals surface area contributed by atoms with E-state index in [0.29, 0.717) is 17.0 Å². The maximum Gasteiger partial charge on any atom is 0.323 e. The highest BCUT2D eigenvalue weighted by atomic mass is 35.5. The van der Waals surface area contributed by atoms with Crippen molar-refractivity contribution in [3.63, 3.8) is 0 Å². The highest BCUT2D eigenvalue weighted by Gasteiger charge is 2.22. The predicted octanol–water partition coefficient (Wildman–Crippen LogP) is 3.23. The SMILES string of the molecule is COC(=O)[C@@H](Cc1c[nH]c2ccccc12)NCC(O)c1cccc(Cl)c1. The van der Waals surface area contributed by atoms with Crippen LogP contribution in [0.5, 0.6) is 0 Å². The van der Waals surface area contributed by atoms with Crippen molar-refractivity contribution in [3.8, 4) is 0 Å². The first-order chi connectivity index (χ1) is 12.6. The number of carbonyl (C=O) groups is 1. The summed E-state index contributed by atoms with van der Waals surface area (Å²) in [6, 6.07) is 14.4. The quantitative estimate of drug-likeness (QED) is 0.557. The molecule has 136 valence electrons. The van der Waals surface area contributed by atoms with Gasteiger partial charge in [0, 0.05) is 35.1 Å². The van der Waals surface area contributed by atoms with Gasteiger partial charge >= 0.3 is 5.97 Å². The Hall–Kier alpha value is -2.34. The summed E-state index contributed by atoms with van der Waals surface area (Å²) in [6.45, 7) is 0.211. The molecule has 2 atom stereocenters. The van der Waals surface area contributed by atoms with Crippen LogP contribution in [0.25, 0.3) is 10.9 Å². The summed E-state index contributed by atoms with van der Waals surface area (Å²) in [4.78, 5) is 15.4. The lowest BCUT2D eigenvalue weighted by Gasteiger charge is -2.19. The zero-order chi connectivity index (χ0) is 18.5. The van der Waals surface area contributed by atoms with E-state index in [1.807, 2.05) is 30.5 Å². The molecular formula is C20H21ClN2O3. The third-order valence-electron chi connectivity index (χ3n) is 4.38.